The molecule has 1 heterocycles. The van der Waals surface area contributed by atoms with E-state index in [1.807, 2.05) is 30.5 Å². The monoisotopic (exact) mass is 246 g/mol. The van der Waals surface area contributed by atoms with Crippen LogP contribution in [0.25, 0.3) is 5.69 Å². The van der Waals surface area contributed by atoms with E-state index in [1.165, 1.54) is 11.6 Å². The van der Waals surface area contributed by atoms with Crippen molar-refractivity contribution in [3.63, 3.8) is 0 Å². The first-order valence-electron chi connectivity index (χ1n) is 6.28. The number of benzene rings is 1. The molecule has 0 bridgehead atoms. The van der Waals surface area contributed by atoms with E-state index in [-0.39, 0.29) is 5.82 Å². The molecule has 0 aliphatic carbocycles. The second-order valence-electron chi connectivity index (χ2n) is 4.58. The van der Waals surface area contributed by atoms with E-state index in [4.69, 9.17) is 5.73 Å². The molecular formula is C15H19FN2. The lowest BCUT2D eigenvalue weighted by molar-refractivity contribution is 0.615. The van der Waals surface area contributed by atoms with Crippen LogP contribution >= 0.6 is 0 Å². The van der Waals surface area contributed by atoms with Crippen LogP contribution in [0.4, 0.5) is 4.39 Å². The Bertz CT molecular complexity index is 543. The summed E-state index contributed by atoms with van der Waals surface area (Å²) in [6, 6.07) is 8.99. The van der Waals surface area contributed by atoms with Crippen LogP contribution in [0.2, 0.25) is 0 Å². The van der Waals surface area contributed by atoms with Gasteiger partial charge in [-0.05, 0) is 57.0 Å². The predicted molar refractivity (Wildman–Crippen MR) is 72.6 cm³/mol. The molecule has 18 heavy (non-hydrogen) atoms. The second kappa shape index (κ2) is 5.36. The lowest BCUT2D eigenvalue weighted by Crippen LogP contribution is -2.03. The van der Waals surface area contributed by atoms with Crippen molar-refractivity contribution in [1.82, 2.24) is 4.57 Å². The highest BCUT2D eigenvalue weighted by Gasteiger charge is 2.12. The van der Waals surface area contributed by atoms with E-state index >= 15 is 0 Å². The van der Waals surface area contributed by atoms with Crippen molar-refractivity contribution in [2.75, 3.05) is 6.54 Å². The number of para-hydroxylation sites is 1. The maximum absolute atomic E-state index is 13.9. The Morgan fingerprint density at radius 3 is 2.61 bits per heavy atom. The Kier molecular flexibility index (Phi) is 3.82. The summed E-state index contributed by atoms with van der Waals surface area (Å²) in [4.78, 5) is 0. The number of hydrogen-bond acceptors (Lipinski definition) is 1. The first kappa shape index (κ1) is 12.8. The summed E-state index contributed by atoms with van der Waals surface area (Å²) in [5.74, 6) is -0.190. The lowest BCUT2D eigenvalue weighted by Gasteiger charge is -2.10. The van der Waals surface area contributed by atoms with E-state index in [1.54, 1.807) is 6.07 Å². The van der Waals surface area contributed by atoms with Gasteiger partial charge in [-0.1, -0.05) is 12.1 Å². The molecule has 0 atom stereocenters. The zero-order chi connectivity index (χ0) is 13.1. The molecule has 0 amide bonds. The molecule has 0 radical (unpaired) electrons. The van der Waals surface area contributed by atoms with E-state index in [0.29, 0.717) is 12.2 Å². The zero-order valence-electron chi connectivity index (χ0n) is 10.9. The number of aromatic nitrogens is 1. The van der Waals surface area contributed by atoms with Crippen LogP contribution in [0.15, 0.2) is 30.3 Å². The van der Waals surface area contributed by atoms with Crippen molar-refractivity contribution in [2.45, 2.75) is 26.7 Å². The summed E-state index contributed by atoms with van der Waals surface area (Å²) < 4.78 is 15.8. The maximum Gasteiger partial charge on any atom is 0.147 e. The molecule has 0 fully saturated rings. The van der Waals surface area contributed by atoms with Gasteiger partial charge in [-0.2, -0.15) is 0 Å². The van der Waals surface area contributed by atoms with Crippen molar-refractivity contribution >= 4 is 0 Å². The van der Waals surface area contributed by atoms with Gasteiger partial charge in [-0.25, -0.2) is 4.39 Å². The minimum atomic E-state index is -0.190. The van der Waals surface area contributed by atoms with Crippen LogP contribution in [-0.2, 0) is 6.42 Å². The summed E-state index contributed by atoms with van der Waals surface area (Å²) in [5, 5.41) is 0. The van der Waals surface area contributed by atoms with E-state index < -0.39 is 0 Å². The average molecular weight is 246 g/mol. The van der Waals surface area contributed by atoms with Gasteiger partial charge in [0.2, 0.25) is 0 Å². The zero-order valence-corrected chi connectivity index (χ0v) is 10.9. The molecule has 0 aliphatic heterocycles. The molecule has 2 aromatic rings. The predicted octanol–water partition coefficient (Wildman–Crippen LogP) is 3.12. The Labute approximate surface area is 107 Å². The van der Waals surface area contributed by atoms with E-state index in [9.17, 15) is 4.39 Å². The molecule has 2 N–H and O–H groups in total. The number of nitrogens with zero attached hydrogens (tertiary/aromatic N) is 1. The van der Waals surface area contributed by atoms with Gasteiger partial charge in [-0.3, -0.25) is 0 Å². The summed E-state index contributed by atoms with van der Waals surface area (Å²) in [6.07, 6.45) is 1.91. The minimum Gasteiger partial charge on any atom is -0.330 e. The maximum atomic E-state index is 13.9. The molecule has 1 aromatic carbocycles. The van der Waals surface area contributed by atoms with Crippen LogP contribution < -0.4 is 5.73 Å². The molecule has 96 valence electrons. The minimum absolute atomic E-state index is 0.190. The van der Waals surface area contributed by atoms with Crippen molar-refractivity contribution in [1.29, 1.82) is 0 Å². The molecule has 2 nitrogen and oxygen atoms in total. The Balaban J connectivity index is 2.46. The van der Waals surface area contributed by atoms with Gasteiger partial charge in [0.1, 0.15) is 5.82 Å². The first-order chi connectivity index (χ1) is 8.65. The first-order valence-corrected chi connectivity index (χ1v) is 6.28. The third-order valence-electron chi connectivity index (χ3n) is 3.28. The molecule has 0 unspecified atom stereocenters. The summed E-state index contributed by atoms with van der Waals surface area (Å²) in [7, 11) is 0. The van der Waals surface area contributed by atoms with Gasteiger partial charge in [-0.15, -0.1) is 0 Å². The molecule has 3 heteroatoms. The second-order valence-corrected chi connectivity index (χ2v) is 4.58. The highest BCUT2D eigenvalue weighted by atomic mass is 19.1. The SMILES string of the molecule is Cc1cc(CCCN)c(C)n1-c1ccccc1F. The summed E-state index contributed by atoms with van der Waals surface area (Å²) in [6.45, 7) is 4.72. The van der Waals surface area contributed by atoms with Gasteiger partial charge in [0, 0.05) is 11.4 Å². The molecule has 0 aliphatic rings. The number of nitrogens with two attached hydrogens (primary N) is 1. The number of halogens is 1. The molecule has 2 rings (SSSR count). The fourth-order valence-electron chi connectivity index (χ4n) is 2.38. The Morgan fingerprint density at radius 2 is 1.94 bits per heavy atom. The normalized spacial score (nSPS) is 10.9. The third kappa shape index (κ3) is 2.31. The van der Waals surface area contributed by atoms with Crippen molar-refractivity contribution < 1.29 is 4.39 Å². The quantitative estimate of drug-likeness (QED) is 0.882. The van der Waals surface area contributed by atoms with Crippen LogP contribution in [0.1, 0.15) is 23.4 Å². The largest absolute Gasteiger partial charge is 0.330 e. The van der Waals surface area contributed by atoms with Gasteiger partial charge in [0.05, 0.1) is 5.69 Å². The van der Waals surface area contributed by atoms with Gasteiger partial charge in [0.25, 0.3) is 0 Å². The van der Waals surface area contributed by atoms with Gasteiger partial charge < -0.3 is 10.3 Å². The Morgan fingerprint density at radius 1 is 1.22 bits per heavy atom. The number of hydrogen-bond donors (Lipinski definition) is 1. The fraction of sp³-hybridized carbons (Fsp3) is 0.333. The fourth-order valence-corrected chi connectivity index (χ4v) is 2.38. The summed E-state index contributed by atoms with van der Waals surface area (Å²) >= 11 is 0. The van der Waals surface area contributed by atoms with Crippen LogP contribution in [-0.4, -0.2) is 11.1 Å². The van der Waals surface area contributed by atoms with Crippen LogP contribution in [0.5, 0.6) is 0 Å². The third-order valence-corrected chi connectivity index (χ3v) is 3.28. The molecule has 0 saturated carbocycles. The molecular weight excluding hydrogens is 227 g/mol. The van der Waals surface area contributed by atoms with Crippen molar-refractivity contribution in [3.05, 3.63) is 53.1 Å². The number of aryl methyl sites for hydroxylation is 2. The summed E-state index contributed by atoms with van der Waals surface area (Å²) in [5.41, 5.74) is 9.57. The topological polar surface area (TPSA) is 30.9 Å². The van der Waals surface area contributed by atoms with E-state index in [0.717, 1.165) is 24.2 Å². The number of rotatable bonds is 4. The smallest absolute Gasteiger partial charge is 0.147 e. The van der Waals surface area contributed by atoms with Crippen LogP contribution in [0, 0.1) is 19.7 Å². The highest BCUT2D eigenvalue weighted by Crippen LogP contribution is 2.23. The molecule has 1 aromatic heterocycles. The average Bonchev–Trinajstić information content (AvgIpc) is 2.63. The van der Waals surface area contributed by atoms with Gasteiger partial charge >= 0.3 is 0 Å². The van der Waals surface area contributed by atoms with Crippen molar-refractivity contribution in [2.24, 2.45) is 5.73 Å². The molecule has 0 spiro atoms. The Hall–Kier alpha value is -1.61. The molecule has 0 saturated heterocycles. The van der Waals surface area contributed by atoms with Crippen molar-refractivity contribution in [3.8, 4) is 5.69 Å². The highest BCUT2D eigenvalue weighted by molar-refractivity contribution is 5.42. The van der Waals surface area contributed by atoms with Gasteiger partial charge in [0.15, 0.2) is 0 Å². The standard InChI is InChI=1S/C15H19FN2/c1-11-10-13(6-5-9-17)12(2)18(11)15-8-4-3-7-14(15)16/h3-4,7-8,10H,5-6,9,17H2,1-2H3. The lowest BCUT2D eigenvalue weighted by atomic mass is 10.1. The van der Waals surface area contributed by atoms with Crippen LogP contribution in [0.3, 0.4) is 0 Å². The van der Waals surface area contributed by atoms with E-state index in [2.05, 4.69) is 6.07 Å².